The molecule has 1 heterocycles. The van der Waals surface area contributed by atoms with Gasteiger partial charge in [0.2, 0.25) is 10.0 Å². The second-order valence-corrected chi connectivity index (χ2v) is 9.41. The quantitative estimate of drug-likeness (QED) is 0.729. The molecule has 0 unspecified atom stereocenters. The molecular formula is C22H29N3O3S. The molecule has 7 heteroatoms. The third-order valence-electron chi connectivity index (χ3n) is 5.36. The molecule has 3 rings (SSSR count). The van der Waals surface area contributed by atoms with Gasteiger partial charge >= 0.3 is 0 Å². The zero-order chi connectivity index (χ0) is 20.9. The first-order chi connectivity index (χ1) is 13.9. The van der Waals surface area contributed by atoms with Crippen molar-refractivity contribution >= 4 is 15.9 Å². The van der Waals surface area contributed by atoms with Crippen LogP contribution in [-0.2, 0) is 23.1 Å². The van der Waals surface area contributed by atoms with Crippen molar-refractivity contribution in [1.29, 1.82) is 0 Å². The summed E-state index contributed by atoms with van der Waals surface area (Å²) in [5.41, 5.74) is 3.39. The highest BCUT2D eigenvalue weighted by atomic mass is 32.2. The van der Waals surface area contributed by atoms with Gasteiger partial charge in [0.15, 0.2) is 0 Å². The summed E-state index contributed by atoms with van der Waals surface area (Å²) in [6, 6.07) is 12.9. The summed E-state index contributed by atoms with van der Waals surface area (Å²) in [5.74, 6) is -0.284. The van der Waals surface area contributed by atoms with Gasteiger partial charge in [-0.05, 0) is 68.7 Å². The maximum absolute atomic E-state index is 12.6. The summed E-state index contributed by atoms with van der Waals surface area (Å²) in [4.78, 5) is 15.2. The highest BCUT2D eigenvalue weighted by Crippen LogP contribution is 2.16. The van der Waals surface area contributed by atoms with E-state index in [9.17, 15) is 13.2 Å². The topological polar surface area (TPSA) is 78.5 Å². The lowest BCUT2D eigenvalue weighted by Crippen LogP contribution is -2.29. The number of aryl methyl sites for hydroxylation is 1. The van der Waals surface area contributed by atoms with Crippen LogP contribution < -0.4 is 10.0 Å². The number of piperidine rings is 1. The molecule has 0 radical (unpaired) electrons. The minimum Gasteiger partial charge on any atom is -0.348 e. The number of likely N-dealkylation sites (tertiary alicyclic amines) is 1. The molecule has 156 valence electrons. The SMILES string of the molecule is CNS(=O)(=O)c1ccc(C)c(C(=O)NCc2ccc(CN3CCCCC3)cc2)c1. The van der Waals surface area contributed by atoms with E-state index in [1.54, 1.807) is 13.0 Å². The minimum atomic E-state index is -3.59. The molecule has 1 aliphatic rings. The maximum atomic E-state index is 12.6. The number of hydrogen-bond donors (Lipinski definition) is 2. The van der Waals surface area contributed by atoms with Gasteiger partial charge in [0.1, 0.15) is 0 Å². The standard InChI is InChI=1S/C22H29N3O3S/c1-17-6-11-20(29(27,28)23-2)14-21(17)22(26)24-15-18-7-9-19(10-8-18)16-25-12-4-3-5-13-25/h6-11,14,23H,3-5,12-13,15-16H2,1-2H3,(H,24,26). The molecule has 2 aromatic rings. The summed E-state index contributed by atoms with van der Waals surface area (Å²) in [5, 5.41) is 2.89. The molecule has 2 aromatic carbocycles. The Morgan fingerprint density at radius 2 is 1.66 bits per heavy atom. The predicted octanol–water partition coefficient (Wildman–Crippen LogP) is 2.82. The molecule has 6 nitrogen and oxygen atoms in total. The van der Waals surface area contributed by atoms with Crippen LogP contribution in [0.25, 0.3) is 0 Å². The molecule has 0 aromatic heterocycles. The van der Waals surface area contributed by atoms with Gasteiger partial charge in [0.25, 0.3) is 5.91 Å². The first kappa shape index (κ1) is 21.5. The highest BCUT2D eigenvalue weighted by molar-refractivity contribution is 7.89. The van der Waals surface area contributed by atoms with Gasteiger partial charge < -0.3 is 5.32 Å². The number of carbonyl (C=O) groups excluding carboxylic acids is 1. The highest BCUT2D eigenvalue weighted by Gasteiger charge is 2.16. The number of sulfonamides is 1. The van der Waals surface area contributed by atoms with Crippen molar-refractivity contribution < 1.29 is 13.2 Å². The maximum Gasteiger partial charge on any atom is 0.251 e. The summed E-state index contributed by atoms with van der Waals surface area (Å²) < 4.78 is 26.3. The van der Waals surface area contributed by atoms with E-state index in [1.165, 1.54) is 57.1 Å². The van der Waals surface area contributed by atoms with E-state index < -0.39 is 10.0 Å². The minimum absolute atomic E-state index is 0.0813. The molecule has 1 aliphatic heterocycles. The zero-order valence-corrected chi connectivity index (χ0v) is 17.9. The van der Waals surface area contributed by atoms with Crippen molar-refractivity contribution in [1.82, 2.24) is 14.9 Å². The second kappa shape index (κ2) is 9.52. The van der Waals surface area contributed by atoms with Gasteiger partial charge in [-0.1, -0.05) is 36.8 Å². The summed E-state index contributed by atoms with van der Waals surface area (Å²) in [6.07, 6.45) is 3.89. The van der Waals surface area contributed by atoms with E-state index in [-0.39, 0.29) is 10.8 Å². The average Bonchev–Trinajstić information content (AvgIpc) is 2.74. The molecule has 1 saturated heterocycles. The number of nitrogens with zero attached hydrogens (tertiary/aromatic N) is 1. The van der Waals surface area contributed by atoms with E-state index in [2.05, 4.69) is 27.1 Å². The predicted molar refractivity (Wildman–Crippen MR) is 114 cm³/mol. The Morgan fingerprint density at radius 3 is 2.31 bits per heavy atom. The van der Waals surface area contributed by atoms with Crippen LogP contribution >= 0.6 is 0 Å². The van der Waals surface area contributed by atoms with Gasteiger partial charge in [-0.15, -0.1) is 0 Å². The number of carbonyl (C=O) groups is 1. The average molecular weight is 416 g/mol. The van der Waals surface area contributed by atoms with Crippen molar-refractivity contribution in [3.8, 4) is 0 Å². The summed E-state index contributed by atoms with van der Waals surface area (Å²) in [7, 11) is -2.24. The lowest BCUT2D eigenvalue weighted by Gasteiger charge is -2.26. The molecule has 0 bridgehead atoms. The third kappa shape index (κ3) is 5.65. The fourth-order valence-electron chi connectivity index (χ4n) is 3.55. The number of amides is 1. The van der Waals surface area contributed by atoms with Gasteiger partial charge in [-0.3, -0.25) is 9.69 Å². The van der Waals surface area contributed by atoms with Crippen molar-refractivity contribution in [2.75, 3.05) is 20.1 Å². The van der Waals surface area contributed by atoms with E-state index in [0.29, 0.717) is 12.1 Å². The van der Waals surface area contributed by atoms with Crippen molar-refractivity contribution in [3.63, 3.8) is 0 Å². The Balaban J connectivity index is 1.61. The smallest absolute Gasteiger partial charge is 0.251 e. The van der Waals surface area contributed by atoms with E-state index >= 15 is 0 Å². The number of benzene rings is 2. The van der Waals surface area contributed by atoms with Crippen molar-refractivity contribution in [3.05, 3.63) is 64.7 Å². The molecule has 0 atom stereocenters. The third-order valence-corrected chi connectivity index (χ3v) is 6.78. The van der Waals surface area contributed by atoms with Crippen LogP contribution in [0.1, 0.15) is 46.3 Å². The van der Waals surface area contributed by atoms with E-state index in [4.69, 9.17) is 0 Å². The molecule has 29 heavy (non-hydrogen) atoms. The number of hydrogen-bond acceptors (Lipinski definition) is 4. The van der Waals surface area contributed by atoms with Gasteiger partial charge in [-0.2, -0.15) is 0 Å². The second-order valence-electron chi connectivity index (χ2n) is 7.52. The first-order valence-corrected chi connectivity index (χ1v) is 11.5. The van der Waals surface area contributed by atoms with Crippen LogP contribution in [0.5, 0.6) is 0 Å². The Kier molecular flexibility index (Phi) is 7.05. The van der Waals surface area contributed by atoms with Crippen LogP contribution in [0, 0.1) is 6.92 Å². The van der Waals surface area contributed by atoms with Crippen LogP contribution in [0.4, 0.5) is 0 Å². The van der Waals surface area contributed by atoms with E-state index in [1.807, 2.05) is 12.1 Å². The Bertz CT molecular complexity index is 950. The molecular weight excluding hydrogens is 386 g/mol. The lowest BCUT2D eigenvalue weighted by atomic mass is 10.1. The Labute approximate surface area is 173 Å². The molecule has 0 aliphatic carbocycles. The normalized spacial score (nSPS) is 15.2. The Morgan fingerprint density at radius 1 is 1.00 bits per heavy atom. The van der Waals surface area contributed by atoms with Crippen LogP contribution in [-0.4, -0.2) is 39.4 Å². The number of nitrogens with one attached hydrogen (secondary N) is 2. The van der Waals surface area contributed by atoms with Crippen LogP contribution in [0.3, 0.4) is 0 Å². The fourth-order valence-corrected chi connectivity index (χ4v) is 4.30. The Hall–Kier alpha value is -2.22. The van der Waals surface area contributed by atoms with Crippen LogP contribution in [0.15, 0.2) is 47.4 Å². The monoisotopic (exact) mass is 415 g/mol. The lowest BCUT2D eigenvalue weighted by molar-refractivity contribution is 0.0950. The molecule has 0 saturated carbocycles. The first-order valence-electron chi connectivity index (χ1n) is 10.0. The van der Waals surface area contributed by atoms with E-state index in [0.717, 1.165) is 17.7 Å². The number of rotatable bonds is 7. The molecule has 0 spiro atoms. The van der Waals surface area contributed by atoms with Crippen molar-refractivity contribution in [2.45, 2.75) is 44.2 Å². The zero-order valence-electron chi connectivity index (χ0n) is 17.1. The van der Waals surface area contributed by atoms with Crippen molar-refractivity contribution in [2.24, 2.45) is 0 Å². The van der Waals surface area contributed by atoms with Gasteiger partial charge in [0, 0.05) is 18.7 Å². The van der Waals surface area contributed by atoms with Gasteiger partial charge in [-0.25, -0.2) is 13.1 Å². The van der Waals surface area contributed by atoms with Crippen LogP contribution in [0.2, 0.25) is 0 Å². The summed E-state index contributed by atoms with van der Waals surface area (Å²) in [6.45, 7) is 5.49. The molecule has 1 amide bonds. The molecule has 1 fully saturated rings. The largest absolute Gasteiger partial charge is 0.348 e. The molecule has 2 N–H and O–H groups in total. The van der Waals surface area contributed by atoms with Gasteiger partial charge in [0.05, 0.1) is 4.90 Å². The fraction of sp³-hybridized carbons (Fsp3) is 0.409. The summed E-state index contributed by atoms with van der Waals surface area (Å²) >= 11 is 0.